The summed E-state index contributed by atoms with van der Waals surface area (Å²) in [5.41, 5.74) is -0.0139. The molecule has 0 unspecified atom stereocenters. The van der Waals surface area contributed by atoms with Gasteiger partial charge in [-0.3, -0.25) is 9.59 Å². The number of hydrogen-bond acceptors (Lipinski definition) is 3. The summed E-state index contributed by atoms with van der Waals surface area (Å²) in [5, 5.41) is 7.74. The van der Waals surface area contributed by atoms with Crippen LogP contribution in [-0.2, 0) is 4.79 Å². The van der Waals surface area contributed by atoms with E-state index in [1.54, 1.807) is 25.1 Å². The number of carbonyl (C=O) groups excluding carboxylic acids is 1. The van der Waals surface area contributed by atoms with E-state index >= 15 is 0 Å². The minimum Gasteiger partial charge on any atom is -0.324 e. The molecule has 3 rings (SSSR count). The SMILES string of the molecule is C[C@@H](C(=O)Nc1ccc(F)c(Cl)c1)n1ncc2ccccc2c1=O. The fourth-order valence-corrected chi connectivity index (χ4v) is 2.49. The highest BCUT2D eigenvalue weighted by Crippen LogP contribution is 2.20. The molecule has 0 radical (unpaired) electrons. The molecule has 2 aromatic carbocycles. The summed E-state index contributed by atoms with van der Waals surface area (Å²) < 4.78 is 14.3. The van der Waals surface area contributed by atoms with Crippen LogP contribution >= 0.6 is 11.6 Å². The Bertz CT molecular complexity index is 987. The molecular formula is C17H13ClFN3O2. The van der Waals surface area contributed by atoms with Crippen LogP contribution in [0.25, 0.3) is 10.8 Å². The lowest BCUT2D eigenvalue weighted by molar-refractivity contribution is -0.119. The van der Waals surface area contributed by atoms with Crippen molar-refractivity contribution in [3.8, 4) is 0 Å². The van der Waals surface area contributed by atoms with Crippen molar-refractivity contribution < 1.29 is 9.18 Å². The van der Waals surface area contributed by atoms with Crippen LogP contribution in [0.1, 0.15) is 13.0 Å². The van der Waals surface area contributed by atoms with Crippen LogP contribution in [0.4, 0.5) is 10.1 Å². The van der Waals surface area contributed by atoms with Gasteiger partial charge >= 0.3 is 0 Å². The van der Waals surface area contributed by atoms with Gasteiger partial charge in [0.05, 0.1) is 16.6 Å². The molecule has 1 N–H and O–H groups in total. The van der Waals surface area contributed by atoms with Gasteiger partial charge < -0.3 is 5.32 Å². The summed E-state index contributed by atoms with van der Waals surface area (Å²) in [4.78, 5) is 24.8. The lowest BCUT2D eigenvalue weighted by atomic mass is 10.2. The van der Waals surface area contributed by atoms with E-state index in [1.807, 2.05) is 6.07 Å². The molecular weight excluding hydrogens is 333 g/mol. The van der Waals surface area contributed by atoms with Crippen molar-refractivity contribution in [2.24, 2.45) is 0 Å². The van der Waals surface area contributed by atoms with Crippen LogP contribution in [0.2, 0.25) is 5.02 Å². The maximum Gasteiger partial charge on any atom is 0.275 e. The summed E-state index contributed by atoms with van der Waals surface area (Å²) in [6, 6.07) is 10.0. The van der Waals surface area contributed by atoms with Crippen molar-refractivity contribution in [3.05, 3.63) is 69.9 Å². The van der Waals surface area contributed by atoms with E-state index in [1.165, 1.54) is 18.3 Å². The maximum absolute atomic E-state index is 13.2. The molecule has 5 nitrogen and oxygen atoms in total. The lowest BCUT2D eigenvalue weighted by Crippen LogP contribution is -2.33. The van der Waals surface area contributed by atoms with Gasteiger partial charge in [0.25, 0.3) is 5.56 Å². The summed E-state index contributed by atoms with van der Waals surface area (Å²) in [7, 11) is 0. The Morgan fingerprint density at radius 3 is 2.79 bits per heavy atom. The zero-order valence-corrected chi connectivity index (χ0v) is 13.4. The fourth-order valence-electron chi connectivity index (χ4n) is 2.31. The van der Waals surface area contributed by atoms with E-state index in [4.69, 9.17) is 11.6 Å². The second kappa shape index (κ2) is 6.41. The molecule has 0 bridgehead atoms. The smallest absolute Gasteiger partial charge is 0.275 e. The summed E-state index contributed by atoms with van der Waals surface area (Å²) >= 11 is 5.69. The van der Waals surface area contributed by atoms with Crippen molar-refractivity contribution in [2.75, 3.05) is 5.32 Å². The van der Waals surface area contributed by atoms with Crippen LogP contribution in [0, 0.1) is 5.82 Å². The second-order valence-electron chi connectivity index (χ2n) is 5.28. The highest BCUT2D eigenvalue weighted by atomic mass is 35.5. The normalized spacial score (nSPS) is 12.1. The number of aromatic nitrogens is 2. The number of carbonyl (C=O) groups is 1. The number of halogens is 2. The van der Waals surface area contributed by atoms with Gasteiger partial charge in [-0.15, -0.1) is 0 Å². The monoisotopic (exact) mass is 345 g/mol. The minimum atomic E-state index is -0.842. The van der Waals surface area contributed by atoms with Gasteiger partial charge in [0.1, 0.15) is 11.9 Å². The zero-order chi connectivity index (χ0) is 17.3. The van der Waals surface area contributed by atoms with E-state index in [2.05, 4.69) is 10.4 Å². The number of nitrogens with one attached hydrogen (secondary N) is 1. The van der Waals surface area contributed by atoms with E-state index in [9.17, 15) is 14.0 Å². The van der Waals surface area contributed by atoms with E-state index in [0.717, 1.165) is 10.7 Å². The average molecular weight is 346 g/mol. The molecule has 1 heterocycles. The molecule has 24 heavy (non-hydrogen) atoms. The third-order valence-corrected chi connectivity index (χ3v) is 3.94. The first kappa shape index (κ1) is 16.1. The molecule has 3 aromatic rings. The number of amides is 1. The van der Waals surface area contributed by atoms with Crippen LogP contribution in [0.15, 0.2) is 53.5 Å². The molecule has 122 valence electrons. The van der Waals surface area contributed by atoms with Crippen molar-refractivity contribution in [1.29, 1.82) is 0 Å². The zero-order valence-electron chi connectivity index (χ0n) is 12.7. The Labute approximate surface area is 141 Å². The lowest BCUT2D eigenvalue weighted by Gasteiger charge is -2.14. The molecule has 0 saturated carbocycles. The Kier molecular flexibility index (Phi) is 4.31. The largest absolute Gasteiger partial charge is 0.324 e. The van der Waals surface area contributed by atoms with Gasteiger partial charge in [0.15, 0.2) is 0 Å². The second-order valence-corrected chi connectivity index (χ2v) is 5.68. The topological polar surface area (TPSA) is 64.0 Å². The number of hydrogen-bond donors (Lipinski definition) is 1. The predicted octanol–water partition coefficient (Wildman–Crippen LogP) is 3.39. The Balaban J connectivity index is 1.89. The molecule has 7 heteroatoms. The van der Waals surface area contributed by atoms with Crippen molar-refractivity contribution in [1.82, 2.24) is 9.78 Å². The predicted molar refractivity (Wildman–Crippen MR) is 90.8 cm³/mol. The first-order chi connectivity index (χ1) is 11.5. The van der Waals surface area contributed by atoms with Gasteiger partial charge in [-0.2, -0.15) is 5.10 Å². The van der Waals surface area contributed by atoms with Crippen molar-refractivity contribution >= 4 is 34.0 Å². The van der Waals surface area contributed by atoms with E-state index in [-0.39, 0.29) is 10.6 Å². The van der Waals surface area contributed by atoms with Gasteiger partial charge in [0, 0.05) is 11.1 Å². The van der Waals surface area contributed by atoms with Gasteiger partial charge in [-0.1, -0.05) is 29.8 Å². The quantitative estimate of drug-likeness (QED) is 0.791. The standard InChI is InChI=1S/C17H13ClFN3O2/c1-10(16(23)21-12-6-7-15(19)14(18)8-12)22-17(24)13-5-3-2-4-11(13)9-20-22/h2-10H,1H3,(H,21,23)/t10-/m0/s1. The van der Waals surface area contributed by atoms with Crippen LogP contribution in [-0.4, -0.2) is 15.7 Å². The number of benzene rings is 2. The molecule has 0 aliphatic carbocycles. The third-order valence-electron chi connectivity index (χ3n) is 3.65. The summed E-state index contributed by atoms with van der Waals surface area (Å²) in [5.74, 6) is -1.03. The number of anilines is 1. The number of rotatable bonds is 3. The minimum absolute atomic E-state index is 0.0959. The summed E-state index contributed by atoms with van der Waals surface area (Å²) in [6.07, 6.45) is 1.54. The molecule has 1 amide bonds. The summed E-state index contributed by atoms with van der Waals surface area (Å²) in [6.45, 7) is 1.56. The van der Waals surface area contributed by atoms with Crippen molar-refractivity contribution in [3.63, 3.8) is 0 Å². The number of fused-ring (bicyclic) bond motifs is 1. The molecule has 1 aromatic heterocycles. The molecule has 0 spiro atoms. The first-order valence-electron chi connectivity index (χ1n) is 7.20. The Morgan fingerprint density at radius 1 is 1.29 bits per heavy atom. The molecule has 0 saturated heterocycles. The third kappa shape index (κ3) is 3.00. The molecule has 0 aliphatic heterocycles. The van der Waals surface area contributed by atoms with Crippen LogP contribution < -0.4 is 10.9 Å². The van der Waals surface area contributed by atoms with Gasteiger partial charge in [0.2, 0.25) is 5.91 Å². The molecule has 0 fully saturated rings. The number of nitrogens with zero attached hydrogens (tertiary/aromatic N) is 2. The maximum atomic E-state index is 13.2. The molecule has 0 aliphatic rings. The molecule has 1 atom stereocenters. The Morgan fingerprint density at radius 2 is 2.04 bits per heavy atom. The highest BCUT2D eigenvalue weighted by Gasteiger charge is 2.19. The average Bonchev–Trinajstić information content (AvgIpc) is 2.58. The van der Waals surface area contributed by atoms with E-state index in [0.29, 0.717) is 16.5 Å². The Hall–Kier alpha value is -2.73. The van der Waals surface area contributed by atoms with E-state index < -0.39 is 17.8 Å². The van der Waals surface area contributed by atoms with Crippen LogP contribution in [0.5, 0.6) is 0 Å². The fraction of sp³-hybridized carbons (Fsp3) is 0.118. The van der Waals surface area contributed by atoms with Gasteiger partial charge in [-0.05, 0) is 31.2 Å². The van der Waals surface area contributed by atoms with Crippen molar-refractivity contribution in [2.45, 2.75) is 13.0 Å². The highest BCUT2D eigenvalue weighted by molar-refractivity contribution is 6.31. The van der Waals surface area contributed by atoms with Gasteiger partial charge in [-0.25, -0.2) is 9.07 Å². The first-order valence-corrected chi connectivity index (χ1v) is 7.57. The van der Waals surface area contributed by atoms with Crippen LogP contribution in [0.3, 0.4) is 0 Å².